The first kappa shape index (κ1) is 13.4. The zero-order chi connectivity index (χ0) is 13.7. The highest BCUT2D eigenvalue weighted by Crippen LogP contribution is 2.18. The lowest BCUT2D eigenvalue weighted by Crippen LogP contribution is -2.12. The van der Waals surface area contributed by atoms with E-state index >= 15 is 0 Å². The lowest BCUT2D eigenvalue weighted by Gasteiger charge is -2.15. The van der Waals surface area contributed by atoms with Gasteiger partial charge in [0, 0.05) is 18.8 Å². The summed E-state index contributed by atoms with van der Waals surface area (Å²) in [5.41, 5.74) is 3.48. The summed E-state index contributed by atoms with van der Waals surface area (Å²) in [5.74, 6) is 0.306. The quantitative estimate of drug-likeness (QED) is 0.863. The Kier molecular flexibility index (Phi) is 4.42. The van der Waals surface area contributed by atoms with Crippen LogP contribution in [0.25, 0.3) is 0 Å². The molecule has 3 heteroatoms. The van der Waals surface area contributed by atoms with E-state index in [4.69, 9.17) is 0 Å². The molecule has 0 bridgehead atoms. The number of nitrogens with one attached hydrogen (secondary N) is 1. The number of nitrogens with zero attached hydrogens (tertiary/aromatic N) is 1. The monoisotopic (exact) mass is 256 g/mol. The molecule has 0 saturated heterocycles. The zero-order valence-corrected chi connectivity index (χ0v) is 11.4. The summed E-state index contributed by atoms with van der Waals surface area (Å²) in [6, 6.07) is 15.6. The molecule has 19 heavy (non-hydrogen) atoms. The minimum Gasteiger partial charge on any atom is -0.508 e. The molecular weight excluding hydrogens is 236 g/mol. The third kappa shape index (κ3) is 4.00. The Morgan fingerprint density at radius 2 is 1.84 bits per heavy atom. The minimum absolute atomic E-state index is 0.306. The van der Waals surface area contributed by atoms with Crippen LogP contribution < -0.4 is 5.32 Å². The second-order valence-corrected chi connectivity index (χ2v) is 4.92. The SMILES string of the molecule is CN(C)Cc1ccccc1NCc1cccc(O)c1. The van der Waals surface area contributed by atoms with Crippen molar-refractivity contribution in [3.63, 3.8) is 0 Å². The van der Waals surface area contributed by atoms with Gasteiger partial charge in [-0.3, -0.25) is 0 Å². The maximum atomic E-state index is 9.45. The van der Waals surface area contributed by atoms with E-state index in [2.05, 4.69) is 42.5 Å². The minimum atomic E-state index is 0.306. The van der Waals surface area contributed by atoms with Gasteiger partial charge in [0.15, 0.2) is 0 Å². The highest BCUT2D eigenvalue weighted by Gasteiger charge is 2.03. The molecule has 0 aromatic heterocycles. The fourth-order valence-electron chi connectivity index (χ4n) is 2.04. The van der Waals surface area contributed by atoms with E-state index < -0.39 is 0 Å². The molecule has 0 aliphatic heterocycles. The number of hydrogen-bond donors (Lipinski definition) is 2. The van der Waals surface area contributed by atoms with Crippen LogP contribution in [0, 0.1) is 0 Å². The third-order valence-corrected chi connectivity index (χ3v) is 2.90. The molecule has 2 rings (SSSR count). The molecule has 2 aromatic carbocycles. The summed E-state index contributed by atoms with van der Waals surface area (Å²) in [6.07, 6.45) is 0. The molecule has 100 valence electrons. The molecule has 0 fully saturated rings. The van der Waals surface area contributed by atoms with Crippen molar-refractivity contribution >= 4 is 5.69 Å². The lowest BCUT2D eigenvalue weighted by atomic mass is 10.1. The topological polar surface area (TPSA) is 35.5 Å². The van der Waals surface area contributed by atoms with Crippen LogP contribution in [0.2, 0.25) is 0 Å². The number of anilines is 1. The first-order chi connectivity index (χ1) is 9.15. The standard InChI is InChI=1S/C16H20N2O/c1-18(2)12-14-7-3-4-9-16(14)17-11-13-6-5-8-15(19)10-13/h3-10,17,19H,11-12H2,1-2H3. The average molecular weight is 256 g/mol. The molecule has 3 nitrogen and oxygen atoms in total. The predicted octanol–water partition coefficient (Wildman–Crippen LogP) is 3.07. The summed E-state index contributed by atoms with van der Waals surface area (Å²) in [4.78, 5) is 2.15. The molecule has 2 aromatic rings. The van der Waals surface area contributed by atoms with Gasteiger partial charge in [0.2, 0.25) is 0 Å². The average Bonchev–Trinajstić information content (AvgIpc) is 2.37. The van der Waals surface area contributed by atoms with E-state index in [-0.39, 0.29) is 0 Å². The molecule has 0 radical (unpaired) electrons. The highest BCUT2D eigenvalue weighted by molar-refractivity contribution is 5.51. The van der Waals surface area contributed by atoms with Gasteiger partial charge in [-0.25, -0.2) is 0 Å². The summed E-state index contributed by atoms with van der Waals surface area (Å²) >= 11 is 0. The van der Waals surface area contributed by atoms with Gasteiger partial charge in [-0.1, -0.05) is 30.3 Å². The molecular formula is C16H20N2O. The van der Waals surface area contributed by atoms with Gasteiger partial charge in [0.1, 0.15) is 5.75 Å². The van der Waals surface area contributed by atoms with Crippen LogP contribution in [0.5, 0.6) is 5.75 Å². The van der Waals surface area contributed by atoms with Crippen LogP contribution in [-0.2, 0) is 13.1 Å². The van der Waals surface area contributed by atoms with E-state index in [9.17, 15) is 5.11 Å². The number of benzene rings is 2. The number of phenolic OH excluding ortho intramolecular Hbond substituents is 1. The zero-order valence-electron chi connectivity index (χ0n) is 11.4. The van der Waals surface area contributed by atoms with Crippen LogP contribution in [0.1, 0.15) is 11.1 Å². The highest BCUT2D eigenvalue weighted by atomic mass is 16.3. The summed E-state index contributed by atoms with van der Waals surface area (Å²) < 4.78 is 0. The van der Waals surface area contributed by atoms with Gasteiger partial charge in [0.05, 0.1) is 0 Å². The molecule has 0 unspecified atom stereocenters. The van der Waals surface area contributed by atoms with Gasteiger partial charge in [-0.2, -0.15) is 0 Å². The summed E-state index contributed by atoms with van der Waals surface area (Å²) in [6.45, 7) is 1.61. The predicted molar refractivity (Wildman–Crippen MR) is 79.3 cm³/mol. The molecule has 0 atom stereocenters. The maximum absolute atomic E-state index is 9.45. The number of hydrogen-bond acceptors (Lipinski definition) is 3. The number of rotatable bonds is 5. The second kappa shape index (κ2) is 6.25. The van der Waals surface area contributed by atoms with Crippen molar-refractivity contribution in [3.05, 3.63) is 59.7 Å². The molecule has 0 heterocycles. The maximum Gasteiger partial charge on any atom is 0.115 e. The van der Waals surface area contributed by atoms with Crippen LogP contribution in [-0.4, -0.2) is 24.1 Å². The van der Waals surface area contributed by atoms with Crippen molar-refractivity contribution in [1.82, 2.24) is 4.90 Å². The number of phenols is 1. The van der Waals surface area contributed by atoms with E-state index in [0.717, 1.165) is 17.8 Å². The Morgan fingerprint density at radius 3 is 2.58 bits per heavy atom. The van der Waals surface area contributed by atoms with Gasteiger partial charge in [0.25, 0.3) is 0 Å². The smallest absolute Gasteiger partial charge is 0.115 e. The molecule has 0 aliphatic carbocycles. The number of aromatic hydroxyl groups is 1. The van der Waals surface area contributed by atoms with E-state index in [0.29, 0.717) is 12.3 Å². The first-order valence-corrected chi connectivity index (χ1v) is 6.39. The Morgan fingerprint density at radius 1 is 1.05 bits per heavy atom. The lowest BCUT2D eigenvalue weighted by molar-refractivity contribution is 0.403. The Labute approximate surface area is 114 Å². The molecule has 0 aliphatic rings. The van der Waals surface area contributed by atoms with E-state index in [1.165, 1.54) is 5.56 Å². The summed E-state index contributed by atoms with van der Waals surface area (Å²) in [5, 5.41) is 12.9. The van der Waals surface area contributed by atoms with Gasteiger partial charge in [-0.05, 0) is 43.4 Å². The fraction of sp³-hybridized carbons (Fsp3) is 0.250. The largest absolute Gasteiger partial charge is 0.508 e. The van der Waals surface area contributed by atoms with Crippen molar-refractivity contribution < 1.29 is 5.11 Å². The van der Waals surface area contributed by atoms with E-state index in [1.807, 2.05) is 18.2 Å². The third-order valence-electron chi connectivity index (χ3n) is 2.90. The van der Waals surface area contributed by atoms with Crippen LogP contribution >= 0.6 is 0 Å². The van der Waals surface area contributed by atoms with Crippen molar-refractivity contribution in [2.24, 2.45) is 0 Å². The van der Waals surface area contributed by atoms with Gasteiger partial charge >= 0.3 is 0 Å². The molecule has 0 saturated carbocycles. The van der Waals surface area contributed by atoms with Crippen molar-refractivity contribution in [1.29, 1.82) is 0 Å². The van der Waals surface area contributed by atoms with Crippen LogP contribution in [0.4, 0.5) is 5.69 Å². The van der Waals surface area contributed by atoms with Crippen molar-refractivity contribution in [2.45, 2.75) is 13.1 Å². The van der Waals surface area contributed by atoms with E-state index in [1.54, 1.807) is 12.1 Å². The molecule has 0 amide bonds. The second-order valence-electron chi connectivity index (χ2n) is 4.92. The number of para-hydroxylation sites is 1. The Bertz CT molecular complexity index is 538. The Hall–Kier alpha value is -2.00. The first-order valence-electron chi connectivity index (χ1n) is 6.39. The molecule has 2 N–H and O–H groups in total. The van der Waals surface area contributed by atoms with Gasteiger partial charge < -0.3 is 15.3 Å². The normalized spacial score (nSPS) is 10.7. The van der Waals surface area contributed by atoms with Crippen LogP contribution in [0.15, 0.2) is 48.5 Å². The molecule has 0 spiro atoms. The van der Waals surface area contributed by atoms with Crippen LogP contribution in [0.3, 0.4) is 0 Å². The summed E-state index contributed by atoms with van der Waals surface area (Å²) in [7, 11) is 4.12. The van der Waals surface area contributed by atoms with Crippen molar-refractivity contribution in [3.8, 4) is 5.75 Å². The van der Waals surface area contributed by atoms with Gasteiger partial charge in [-0.15, -0.1) is 0 Å². The van der Waals surface area contributed by atoms with Crippen molar-refractivity contribution in [2.75, 3.05) is 19.4 Å². The Balaban J connectivity index is 2.07. The fourth-order valence-corrected chi connectivity index (χ4v) is 2.04.